The minimum Gasteiger partial charge on any atom is -0.490 e. The lowest BCUT2D eigenvalue weighted by atomic mass is 10.0. The molecule has 0 saturated heterocycles. The molecule has 0 N–H and O–H groups in total. The van der Waals surface area contributed by atoms with Gasteiger partial charge in [0.1, 0.15) is 6.61 Å². The molecular weight excluding hydrogens is 453 g/mol. The van der Waals surface area contributed by atoms with Crippen LogP contribution in [0.2, 0.25) is 0 Å². The second-order valence-electron chi connectivity index (χ2n) is 5.88. The van der Waals surface area contributed by atoms with Gasteiger partial charge in [-0.15, -0.1) is 6.42 Å². The molecule has 1 amide bonds. The number of terminal acetylenes is 1. The lowest BCUT2D eigenvalue weighted by Gasteiger charge is -2.14. The van der Waals surface area contributed by atoms with Gasteiger partial charge in [0, 0.05) is 17.7 Å². The van der Waals surface area contributed by atoms with Crippen LogP contribution in [0.1, 0.15) is 25.0 Å². The Balaban J connectivity index is 2.07. The molecule has 138 valence electrons. The summed E-state index contributed by atoms with van der Waals surface area (Å²) < 4.78 is 12.3. The van der Waals surface area contributed by atoms with Crippen molar-refractivity contribution in [3.63, 3.8) is 0 Å². The molecule has 1 aliphatic rings. The third-order valence-electron chi connectivity index (χ3n) is 4.22. The predicted molar refractivity (Wildman–Crippen MR) is 117 cm³/mol. The number of amides is 1. The van der Waals surface area contributed by atoms with Gasteiger partial charge in [0.2, 0.25) is 0 Å². The molecule has 0 spiro atoms. The van der Waals surface area contributed by atoms with Crippen LogP contribution in [-0.4, -0.2) is 25.7 Å². The number of fused-ring (bicyclic) bond motifs is 1. The van der Waals surface area contributed by atoms with E-state index in [9.17, 15) is 4.79 Å². The summed E-state index contributed by atoms with van der Waals surface area (Å²) in [5.74, 6) is 3.74. The maximum Gasteiger partial charge on any atom is 0.258 e. The summed E-state index contributed by atoms with van der Waals surface area (Å²) in [6.45, 7) is 5.21. The number of likely N-dealkylation sites (N-methyl/N-ethyl adjacent to an activating group) is 1. The Labute approximate surface area is 173 Å². The van der Waals surface area contributed by atoms with Gasteiger partial charge in [-0.25, -0.2) is 0 Å². The first-order chi connectivity index (χ1) is 13.1. The molecule has 1 aliphatic heterocycles. The molecule has 0 unspecified atom stereocenters. The molecule has 27 heavy (non-hydrogen) atoms. The monoisotopic (exact) mass is 473 g/mol. The number of ether oxygens (including phenoxy) is 2. The summed E-state index contributed by atoms with van der Waals surface area (Å²) in [5, 5.41) is 0. The summed E-state index contributed by atoms with van der Waals surface area (Å²) in [6, 6.07) is 11.7. The van der Waals surface area contributed by atoms with Crippen LogP contribution in [0.5, 0.6) is 11.5 Å². The van der Waals surface area contributed by atoms with Crippen LogP contribution in [0, 0.1) is 15.9 Å². The number of anilines is 1. The molecule has 2 aromatic carbocycles. The number of carbonyl (C=O) groups excluding carboxylic acids is 1. The number of hydrogen-bond donors (Lipinski definition) is 0. The average Bonchev–Trinajstić information content (AvgIpc) is 2.93. The molecule has 4 nitrogen and oxygen atoms in total. The van der Waals surface area contributed by atoms with E-state index in [1.165, 1.54) is 0 Å². The van der Waals surface area contributed by atoms with E-state index in [0.29, 0.717) is 30.2 Å². The fourth-order valence-corrected chi connectivity index (χ4v) is 3.90. The smallest absolute Gasteiger partial charge is 0.258 e. The van der Waals surface area contributed by atoms with Crippen LogP contribution >= 0.6 is 22.6 Å². The number of benzene rings is 2. The number of hydrogen-bond acceptors (Lipinski definition) is 3. The van der Waals surface area contributed by atoms with Gasteiger partial charge in [-0.2, -0.15) is 0 Å². The number of carbonyl (C=O) groups is 1. The quantitative estimate of drug-likeness (QED) is 0.350. The molecule has 0 bridgehead atoms. The number of rotatable bonds is 6. The minimum atomic E-state index is 0.0133. The summed E-state index contributed by atoms with van der Waals surface area (Å²) in [7, 11) is 0. The van der Waals surface area contributed by atoms with Gasteiger partial charge < -0.3 is 14.4 Å². The third-order valence-corrected chi connectivity index (χ3v) is 5.02. The first kappa shape index (κ1) is 19.3. The van der Waals surface area contributed by atoms with E-state index in [1.54, 1.807) is 4.90 Å². The van der Waals surface area contributed by atoms with Gasteiger partial charge in [-0.05, 0) is 66.3 Å². The summed E-state index contributed by atoms with van der Waals surface area (Å²) in [6.07, 6.45) is 7.22. The lowest BCUT2D eigenvalue weighted by Crippen LogP contribution is -2.25. The van der Waals surface area contributed by atoms with Crippen LogP contribution < -0.4 is 14.4 Å². The highest BCUT2D eigenvalue weighted by atomic mass is 127. The average molecular weight is 473 g/mol. The van der Waals surface area contributed by atoms with Crippen molar-refractivity contribution in [2.24, 2.45) is 0 Å². The van der Waals surface area contributed by atoms with Crippen LogP contribution in [0.15, 0.2) is 36.4 Å². The SMILES string of the molecule is C#CCOc1c(I)cc(/C=C2\C(=O)N(CC)c3ccccc32)cc1OCC. The zero-order valence-electron chi connectivity index (χ0n) is 15.3. The van der Waals surface area contributed by atoms with Crippen molar-refractivity contribution in [2.75, 3.05) is 24.7 Å². The molecule has 2 aromatic rings. The van der Waals surface area contributed by atoms with Crippen molar-refractivity contribution in [2.45, 2.75) is 13.8 Å². The normalized spacial score (nSPS) is 14.2. The van der Waals surface area contributed by atoms with Gasteiger partial charge in [-0.3, -0.25) is 4.79 Å². The Bertz CT molecular complexity index is 943. The molecule has 0 fully saturated rings. The molecule has 0 radical (unpaired) electrons. The zero-order chi connectivity index (χ0) is 19.4. The molecule has 0 aliphatic carbocycles. The maximum absolute atomic E-state index is 12.9. The zero-order valence-corrected chi connectivity index (χ0v) is 17.4. The largest absolute Gasteiger partial charge is 0.490 e. The summed E-state index contributed by atoms with van der Waals surface area (Å²) >= 11 is 2.20. The fourth-order valence-electron chi connectivity index (χ4n) is 3.11. The Morgan fingerprint density at radius 3 is 2.70 bits per heavy atom. The van der Waals surface area contributed by atoms with Gasteiger partial charge >= 0.3 is 0 Å². The Hall–Kier alpha value is -2.46. The maximum atomic E-state index is 12.9. The van der Waals surface area contributed by atoms with E-state index < -0.39 is 0 Å². The standard InChI is InChI=1S/C22H20INO3/c1-4-11-27-21-18(23)13-15(14-20(21)26-6-3)12-17-16-9-7-8-10-19(16)24(5-2)22(17)25/h1,7-10,12-14H,5-6,11H2,2-3H3/b17-12-. The number of para-hydroxylation sites is 1. The van der Waals surface area contributed by atoms with Crippen LogP contribution in [0.25, 0.3) is 11.6 Å². The first-order valence-electron chi connectivity index (χ1n) is 8.76. The summed E-state index contributed by atoms with van der Waals surface area (Å²) in [5.41, 5.74) is 3.46. The van der Waals surface area contributed by atoms with Crippen molar-refractivity contribution >= 4 is 45.8 Å². The molecule has 0 saturated carbocycles. The van der Waals surface area contributed by atoms with E-state index in [-0.39, 0.29) is 12.5 Å². The van der Waals surface area contributed by atoms with Crippen molar-refractivity contribution in [1.82, 2.24) is 0 Å². The molecule has 3 rings (SSSR count). The van der Waals surface area contributed by atoms with Gasteiger partial charge in [0.05, 0.1) is 15.9 Å². The lowest BCUT2D eigenvalue weighted by molar-refractivity contribution is -0.112. The third kappa shape index (κ3) is 3.81. The highest BCUT2D eigenvalue weighted by molar-refractivity contribution is 14.1. The second kappa shape index (κ2) is 8.49. The Morgan fingerprint density at radius 1 is 1.22 bits per heavy atom. The number of nitrogens with zero attached hydrogens (tertiary/aromatic N) is 1. The molecule has 1 heterocycles. The van der Waals surface area contributed by atoms with Crippen LogP contribution in [0.4, 0.5) is 5.69 Å². The predicted octanol–water partition coefficient (Wildman–Crippen LogP) is 4.61. The van der Waals surface area contributed by atoms with Crippen molar-refractivity contribution in [3.05, 3.63) is 51.1 Å². The minimum absolute atomic E-state index is 0.0133. The van der Waals surface area contributed by atoms with Gasteiger partial charge in [-0.1, -0.05) is 24.1 Å². The topological polar surface area (TPSA) is 38.8 Å². The van der Waals surface area contributed by atoms with E-state index in [4.69, 9.17) is 15.9 Å². The Kier molecular flexibility index (Phi) is 6.07. The van der Waals surface area contributed by atoms with Gasteiger partial charge in [0.15, 0.2) is 11.5 Å². The second-order valence-corrected chi connectivity index (χ2v) is 7.04. The van der Waals surface area contributed by atoms with Gasteiger partial charge in [0.25, 0.3) is 5.91 Å². The fraction of sp³-hybridized carbons (Fsp3) is 0.227. The van der Waals surface area contributed by atoms with Crippen LogP contribution in [0.3, 0.4) is 0 Å². The highest BCUT2D eigenvalue weighted by Crippen LogP contribution is 2.39. The molecule has 0 atom stereocenters. The van der Waals surface area contributed by atoms with Crippen molar-refractivity contribution in [1.29, 1.82) is 0 Å². The molecule has 5 heteroatoms. The molecular formula is C22H20INO3. The highest BCUT2D eigenvalue weighted by Gasteiger charge is 2.30. The molecule has 0 aromatic heterocycles. The van der Waals surface area contributed by atoms with E-state index in [2.05, 4.69) is 28.5 Å². The van der Waals surface area contributed by atoms with E-state index >= 15 is 0 Å². The Morgan fingerprint density at radius 2 is 2.00 bits per heavy atom. The first-order valence-corrected chi connectivity index (χ1v) is 9.84. The van der Waals surface area contributed by atoms with E-state index in [0.717, 1.165) is 20.4 Å². The van der Waals surface area contributed by atoms with Crippen molar-refractivity contribution in [3.8, 4) is 23.8 Å². The van der Waals surface area contributed by atoms with Crippen LogP contribution in [-0.2, 0) is 4.79 Å². The van der Waals surface area contributed by atoms with Crippen molar-refractivity contribution < 1.29 is 14.3 Å². The van der Waals surface area contributed by atoms with E-state index in [1.807, 2.05) is 56.3 Å². The summed E-state index contributed by atoms with van der Waals surface area (Å²) in [4.78, 5) is 14.7. The number of halogens is 1.